The Kier molecular flexibility index (Phi) is 46.0. The summed E-state index contributed by atoms with van der Waals surface area (Å²) >= 11 is 0. The summed E-state index contributed by atoms with van der Waals surface area (Å²) in [5.41, 5.74) is 0.583. The van der Waals surface area contributed by atoms with E-state index < -0.39 is 86.6 Å². The Bertz CT molecular complexity index is 3770. The van der Waals surface area contributed by atoms with Crippen molar-refractivity contribution in [1.29, 1.82) is 0 Å². The minimum absolute atomic E-state index is 0. The average molecular weight is 1530 g/mol. The van der Waals surface area contributed by atoms with Crippen molar-refractivity contribution in [3.05, 3.63) is 276 Å². The number of sulfonamides is 4. The molecule has 100 heavy (non-hydrogen) atoms. The van der Waals surface area contributed by atoms with Gasteiger partial charge in [-0.05, 0) is 73.7 Å². The number of unbranched alkanes of at least 4 members (excludes halogenated alkanes) is 10. The smallest absolute Gasteiger partial charge is 0.334 e. The molecule has 6 aromatic rings. The van der Waals surface area contributed by atoms with Gasteiger partial charge in [-0.15, -0.1) is 98.5 Å². The maximum atomic E-state index is 13.3. The van der Waals surface area contributed by atoms with Crippen LogP contribution in [0.25, 0.3) is 0 Å². The van der Waals surface area contributed by atoms with Crippen molar-refractivity contribution in [1.82, 2.24) is 0 Å². The molecule has 0 spiro atoms. The Labute approximate surface area is 617 Å². The van der Waals surface area contributed by atoms with Gasteiger partial charge in [-0.1, -0.05) is 113 Å². The molecule has 0 aromatic heterocycles. The van der Waals surface area contributed by atoms with E-state index in [1.807, 2.05) is 71.9 Å². The van der Waals surface area contributed by atoms with Crippen LogP contribution in [-0.2, 0) is 83.5 Å². The average Bonchev–Trinajstić information content (AvgIpc) is 0.957. The molecule has 12 nitrogen and oxygen atoms in total. The summed E-state index contributed by atoms with van der Waals surface area (Å²) in [5, 5.41) is 0. The van der Waals surface area contributed by atoms with Crippen LogP contribution in [0.5, 0.6) is 0 Å². The number of allylic oxidation sites excluding steroid dienone is 16. The van der Waals surface area contributed by atoms with Crippen molar-refractivity contribution in [2.45, 2.75) is 140 Å². The van der Waals surface area contributed by atoms with E-state index in [0.717, 1.165) is 150 Å². The van der Waals surface area contributed by atoms with Gasteiger partial charge in [0.1, 0.15) is 0 Å². The summed E-state index contributed by atoms with van der Waals surface area (Å²) in [5.74, 6) is -7.86. The molecular formula is C74H80F8N4O8S4Ti2. The van der Waals surface area contributed by atoms with Crippen LogP contribution in [0.15, 0.2) is 180 Å². The van der Waals surface area contributed by atoms with Crippen LogP contribution >= 0.6 is 0 Å². The number of rotatable bonds is 24. The second-order valence-electron chi connectivity index (χ2n) is 21.4. The van der Waals surface area contributed by atoms with Crippen LogP contribution < -0.4 is 18.9 Å². The predicted molar refractivity (Wildman–Crippen MR) is 373 cm³/mol. The van der Waals surface area contributed by atoms with Crippen LogP contribution in [0.3, 0.4) is 0 Å². The topological polar surface area (TPSA) is 185 Å². The van der Waals surface area contributed by atoms with Gasteiger partial charge < -0.3 is 18.9 Å². The predicted octanol–water partition coefficient (Wildman–Crippen LogP) is 18.7. The van der Waals surface area contributed by atoms with Gasteiger partial charge in [0.25, 0.3) is 20.0 Å². The third-order valence-electron chi connectivity index (χ3n) is 13.0. The molecule has 0 aliphatic heterocycles. The first-order chi connectivity index (χ1) is 46.7. The fourth-order valence-corrected chi connectivity index (χ4v) is 12.4. The SMILES string of the molecule is CCCCCCCCS(=O)(=O)Nc1ccc(F)[c-]c1F.CCCCCCCCS(=O)(=O)Nc1ccc(F)[c-]c1F.Cc1ccc(S(=O)(=O)Nc2ccc(F)[c-]c2F)cc1.Cc1ccc(S(=O)(=O)Nc2ccc(F)[c-]c2F)cc1.[C-]1=CC=CC1.[C-]1=CC=CC1.[C-]1=CC=CC1.[C-]1=CC=CC1.[Ti+4].[Ti+4]. The van der Waals surface area contributed by atoms with Crippen molar-refractivity contribution < 1.29 is 112 Å². The Morgan fingerprint density at radius 1 is 0.330 bits per heavy atom. The summed E-state index contributed by atoms with van der Waals surface area (Å²) in [6.07, 6.45) is 51.5. The quantitative estimate of drug-likeness (QED) is 0.0200. The normalized spacial score (nSPS) is 12.4. The van der Waals surface area contributed by atoms with Gasteiger partial charge in [-0.25, -0.2) is 117 Å². The summed E-state index contributed by atoms with van der Waals surface area (Å²) in [7, 11) is -15.0. The maximum Gasteiger partial charge on any atom is 4.00 e. The van der Waals surface area contributed by atoms with Gasteiger partial charge in [0.15, 0.2) is 0 Å². The van der Waals surface area contributed by atoms with Gasteiger partial charge in [0, 0.05) is 46.5 Å². The molecule has 532 valence electrons. The Hall–Kier alpha value is -6.89. The maximum absolute atomic E-state index is 13.3. The largest absolute Gasteiger partial charge is 4.00 e. The molecular weight excluding hydrogens is 1450 g/mol. The number of benzene rings is 6. The minimum atomic E-state index is -3.90. The van der Waals surface area contributed by atoms with Gasteiger partial charge in [0.2, 0.25) is 20.0 Å². The summed E-state index contributed by atoms with van der Waals surface area (Å²) in [6, 6.07) is 27.1. The fourth-order valence-electron chi connectivity index (χ4n) is 7.87. The number of aryl methyl sites for hydroxylation is 2. The van der Waals surface area contributed by atoms with Crippen LogP contribution in [0.2, 0.25) is 0 Å². The molecule has 6 aromatic carbocycles. The van der Waals surface area contributed by atoms with Gasteiger partial charge in [-0.3, -0.25) is 24.3 Å². The zero-order valence-electron chi connectivity index (χ0n) is 55.8. The van der Waals surface area contributed by atoms with E-state index in [1.54, 1.807) is 48.5 Å². The van der Waals surface area contributed by atoms with Crippen LogP contribution in [0.1, 0.15) is 128 Å². The van der Waals surface area contributed by atoms with E-state index >= 15 is 0 Å². The number of anilines is 4. The number of halogens is 8. The van der Waals surface area contributed by atoms with E-state index in [-0.39, 0.29) is 87.5 Å². The van der Waals surface area contributed by atoms with E-state index in [9.17, 15) is 68.8 Å². The van der Waals surface area contributed by atoms with E-state index in [0.29, 0.717) is 12.8 Å². The molecule has 0 unspecified atom stereocenters. The summed E-state index contributed by atoms with van der Waals surface area (Å²) in [4.78, 5) is 0.00338. The molecule has 0 amide bonds. The zero-order chi connectivity index (χ0) is 72.2. The van der Waals surface area contributed by atoms with Crippen LogP contribution in [0, 0.1) is 109 Å². The van der Waals surface area contributed by atoms with E-state index in [1.165, 1.54) is 24.3 Å². The molecule has 0 radical (unpaired) electrons. The molecule has 0 saturated heterocycles. The van der Waals surface area contributed by atoms with Crippen molar-refractivity contribution in [3.8, 4) is 0 Å². The molecule has 26 heteroatoms. The van der Waals surface area contributed by atoms with Gasteiger partial charge >= 0.3 is 43.4 Å². The van der Waals surface area contributed by atoms with Crippen molar-refractivity contribution in [2.24, 2.45) is 0 Å². The number of hydrogen-bond acceptors (Lipinski definition) is 8. The number of nitrogens with one attached hydrogen (secondary N) is 4. The van der Waals surface area contributed by atoms with Gasteiger partial charge in [0.05, 0.1) is 21.3 Å². The van der Waals surface area contributed by atoms with Crippen molar-refractivity contribution >= 4 is 62.8 Å². The zero-order valence-corrected chi connectivity index (χ0v) is 62.2. The third-order valence-corrected chi connectivity index (χ3v) is 18.5. The first-order valence-corrected chi connectivity index (χ1v) is 37.5. The molecule has 4 aliphatic carbocycles. The number of hydrogen-bond donors (Lipinski definition) is 4. The first-order valence-electron chi connectivity index (χ1n) is 31.2. The van der Waals surface area contributed by atoms with Gasteiger partial charge in [-0.2, -0.15) is 24.3 Å². The second kappa shape index (κ2) is 50.4. The fraction of sp³-hybridized carbons (Fsp3) is 0.297. The monoisotopic (exact) mass is 1530 g/mol. The third kappa shape index (κ3) is 40.5. The molecule has 0 fully saturated rings. The summed E-state index contributed by atoms with van der Waals surface area (Å²) in [6.45, 7) is 7.86. The Morgan fingerprint density at radius 2 is 0.570 bits per heavy atom. The van der Waals surface area contributed by atoms with Crippen molar-refractivity contribution in [3.63, 3.8) is 0 Å². The van der Waals surface area contributed by atoms with Crippen LogP contribution in [0.4, 0.5) is 57.9 Å². The molecule has 10 rings (SSSR count). The molecule has 4 aliphatic rings. The second-order valence-corrected chi connectivity index (χ2v) is 28.4. The van der Waals surface area contributed by atoms with E-state index in [4.69, 9.17) is 0 Å². The summed E-state index contributed by atoms with van der Waals surface area (Å²) < 4.78 is 207. The molecule has 4 N–H and O–H groups in total. The Balaban J connectivity index is 0.000000602. The standard InChI is InChI=1S/2C14H20F2NO2S.2C13H10F2NO2S.4C5H5.2Ti/c2*1-2-3-4-5-6-7-10-20(18,19)17-14-9-8-12(15)11-13(14)16;2*1-9-2-5-11(6-3-9)19(17,18)16-13-7-4-10(14)8-12(13)15;4*1-2-4-5-3-1;;/h2*8-9,17H,2-7,10H2,1H3;2*2-7,16H,1H3;4*1-3H,4H2;;/q8*-1;2*+4. The van der Waals surface area contributed by atoms with E-state index in [2.05, 4.69) is 71.9 Å². The Morgan fingerprint density at radius 3 is 0.780 bits per heavy atom. The molecule has 0 atom stereocenters. The molecule has 0 saturated carbocycles. The molecule has 0 heterocycles. The first kappa shape index (κ1) is 91.1. The van der Waals surface area contributed by atoms with Crippen LogP contribution in [-0.4, -0.2) is 45.2 Å². The molecule has 0 bridgehead atoms. The minimum Gasteiger partial charge on any atom is -0.334 e. The van der Waals surface area contributed by atoms with Crippen molar-refractivity contribution in [2.75, 3.05) is 30.4 Å².